The van der Waals surface area contributed by atoms with Crippen molar-refractivity contribution in [1.82, 2.24) is 24.8 Å². The first-order valence-electron chi connectivity index (χ1n) is 11.5. The largest absolute Gasteiger partial charge is 0.495 e. The number of hydrogen-bond donors (Lipinski definition) is 2. The molecule has 7 nitrogen and oxygen atoms in total. The zero-order valence-electron chi connectivity index (χ0n) is 19.8. The van der Waals surface area contributed by atoms with Crippen LogP contribution in [-0.4, -0.2) is 52.8 Å². The van der Waals surface area contributed by atoms with Crippen LogP contribution in [0.15, 0.2) is 30.6 Å². The number of nitrogens with zero attached hydrogens (tertiary/aromatic N) is 4. The van der Waals surface area contributed by atoms with Crippen LogP contribution in [0.3, 0.4) is 0 Å². The van der Waals surface area contributed by atoms with Gasteiger partial charge in [0, 0.05) is 29.1 Å². The molecule has 0 amide bonds. The lowest BCUT2D eigenvalue weighted by molar-refractivity contribution is 0.204. The van der Waals surface area contributed by atoms with Crippen LogP contribution in [0.4, 0.5) is 5.82 Å². The zero-order chi connectivity index (χ0) is 23.1. The molecule has 0 unspecified atom stereocenters. The Morgan fingerprint density at radius 2 is 1.97 bits per heavy atom. The van der Waals surface area contributed by atoms with Crippen molar-refractivity contribution in [3.8, 4) is 16.2 Å². The summed E-state index contributed by atoms with van der Waals surface area (Å²) in [6.45, 7) is 2.84. The number of benzene rings is 1. The minimum atomic E-state index is 0.498. The molecule has 4 aromatic rings. The lowest BCUT2D eigenvalue weighted by Crippen LogP contribution is -2.39. The molecule has 3 N–H and O–H groups in total. The van der Waals surface area contributed by atoms with E-state index in [0.717, 1.165) is 38.6 Å². The van der Waals surface area contributed by atoms with Gasteiger partial charge in [0.25, 0.3) is 0 Å². The third-order valence-electron chi connectivity index (χ3n) is 6.87. The summed E-state index contributed by atoms with van der Waals surface area (Å²) < 4.78 is 8.74. The topological polar surface area (TPSA) is 80.7 Å². The van der Waals surface area contributed by atoms with Crippen LogP contribution < -0.4 is 15.8 Å². The van der Waals surface area contributed by atoms with E-state index < -0.39 is 0 Å². The van der Waals surface area contributed by atoms with E-state index in [-0.39, 0.29) is 0 Å². The van der Waals surface area contributed by atoms with Crippen LogP contribution in [0.1, 0.15) is 36.9 Å². The third kappa shape index (κ3) is 4.18. The van der Waals surface area contributed by atoms with Crippen LogP contribution in [0.5, 0.6) is 5.75 Å². The normalized spacial score (nSPS) is 19.1. The fraction of sp³-hybridized carbons (Fsp3) is 0.440. The van der Waals surface area contributed by atoms with Gasteiger partial charge in [-0.15, -0.1) is 11.3 Å². The Hall–Kier alpha value is -2.68. The number of ether oxygens (including phenoxy) is 1. The summed E-state index contributed by atoms with van der Waals surface area (Å²) in [6.07, 6.45) is 6.42. The molecular formula is C25H32N6OS. The number of aromatic nitrogens is 3. The second-order valence-corrected chi connectivity index (χ2v) is 10.4. The number of aryl methyl sites for hydroxylation is 1. The number of fused-ring (bicyclic) bond motifs is 2. The second-order valence-electron chi connectivity index (χ2n) is 9.30. The van der Waals surface area contributed by atoms with E-state index in [1.165, 1.54) is 43.0 Å². The zero-order valence-corrected chi connectivity index (χ0v) is 20.6. The van der Waals surface area contributed by atoms with Crippen molar-refractivity contribution >= 4 is 32.8 Å². The molecule has 0 aliphatic heterocycles. The van der Waals surface area contributed by atoms with Crippen molar-refractivity contribution in [2.45, 2.75) is 51.2 Å². The molecule has 0 atom stereocenters. The first-order chi connectivity index (χ1) is 15.9. The van der Waals surface area contributed by atoms with Gasteiger partial charge in [-0.05, 0) is 75.9 Å². The number of hydrogen-bond acceptors (Lipinski definition) is 7. The molecule has 3 aromatic heterocycles. The predicted molar refractivity (Wildman–Crippen MR) is 136 cm³/mol. The molecule has 1 aliphatic rings. The second kappa shape index (κ2) is 8.93. The summed E-state index contributed by atoms with van der Waals surface area (Å²) >= 11 is 1.72. The molecule has 0 spiro atoms. The number of anilines is 1. The van der Waals surface area contributed by atoms with Crippen molar-refractivity contribution in [1.29, 1.82) is 0 Å². The highest BCUT2D eigenvalue weighted by atomic mass is 32.1. The SMILES string of the molecule is COc1cc(C)cc2cc(-c3cc(CN[C@H]4CC[C@@H](N(C)C)CC4)n4ncnc(N)c34)sc12. The number of methoxy groups -OCH3 is 1. The number of nitrogens with two attached hydrogens (primary N) is 1. The van der Waals surface area contributed by atoms with E-state index in [9.17, 15) is 0 Å². The Kier molecular flexibility index (Phi) is 5.99. The Balaban J connectivity index is 1.47. The van der Waals surface area contributed by atoms with Gasteiger partial charge in [0.15, 0.2) is 5.82 Å². The monoisotopic (exact) mass is 464 g/mol. The number of thiophene rings is 1. The number of nitrogen functional groups attached to an aromatic ring is 1. The predicted octanol–water partition coefficient (Wildman–Crippen LogP) is 4.47. The highest BCUT2D eigenvalue weighted by molar-refractivity contribution is 7.22. The van der Waals surface area contributed by atoms with Gasteiger partial charge >= 0.3 is 0 Å². The van der Waals surface area contributed by atoms with Crippen LogP contribution in [0.25, 0.3) is 26.0 Å². The third-order valence-corrected chi connectivity index (χ3v) is 8.07. The van der Waals surface area contributed by atoms with E-state index in [4.69, 9.17) is 10.5 Å². The average Bonchev–Trinajstić information content (AvgIpc) is 3.39. The molecule has 0 saturated heterocycles. The van der Waals surface area contributed by atoms with E-state index in [2.05, 4.69) is 65.6 Å². The Morgan fingerprint density at radius 1 is 1.18 bits per heavy atom. The van der Waals surface area contributed by atoms with Crippen molar-refractivity contribution in [3.05, 3.63) is 41.9 Å². The van der Waals surface area contributed by atoms with Crippen LogP contribution in [-0.2, 0) is 6.54 Å². The summed E-state index contributed by atoms with van der Waals surface area (Å²) in [7, 11) is 6.09. The van der Waals surface area contributed by atoms with Gasteiger partial charge in [0.2, 0.25) is 0 Å². The Bertz CT molecular complexity index is 1290. The molecule has 1 saturated carbocycles. The quantitative estimate of drug-likeness (QED) is 0.438. The lowest BCUT2D eigenvalue weighted by atomic mass is 9.90. The smallest absolute Gasteiger partial charge is 0.152 e. The summed E-state index contributed by atoms with van der Waals surface area (Å²) in [4.78, 5) is 7.78. The van der Waals surface area contributed by atoms with Crippen molar-refractivity contribution < 1.29 is 4.74 Å². The summed E-state index contributed by atoms with van der Waals surface area (Å²) in [5.41, 5.74) is 10.6. The maximum absolute atomic E-state index is 6.35. The maximum Gasteiger partial charge on any atom is 0.152 e. The first-order valence-corrected chi connectivity index (χ1v) is 12.4. The Morgan fingerprint density at radius 3 is 2.70 bits per heavy atom. The fourth-order valence-corrected chi connectivity index (χ4v) is 6.19. The van der Waals surface area contributed by atoms with E-state index in [1.54, 1.807) is 18.4 Å². The molecule has 1 aliphatic carbocycles. The van der Waals surface area contributed by atoms with Gasteiger partial charge < -0.3 is 20.7 Å². The number of rotatable bonds is 6. The van der Waals surface area contributed by atoms with E-state index in [1.807, 2.05) is 4.52 Å². The van der Waals surface area contributed by atoms with Crippen LogP contribution in [0.2, 0.25) is 0 Å². The molecule has 33 heavy (non-hydrogen) atoms. The lowest BCUT2D eigenvalue weighted by Gasteiger charge is -2.33. The molecular weight excluding hydrogens is 432 g/mol. The first kappa shape index (κ1) is 22.1. The minimum absolute atomic E-state index is 0.498. The highest BCUT2D eigenvalue weighted by Gasteiger charge is 2.23. The summed E-state index contributed by atoms with van der Waals surface area (Å²) in [5, 5.41) is 9.50. The van der Waals surface area contributed by atoms with Gasteiger partial charge in [-0.2, -0.15) is 5.10 Å². The molecule has 174 valence electrons. The van der Waals surface area contributed by atoms with E-state index >= 15 is 0 Å². The average molecular weight is 465 g/mol. The number of nitrogens with one attached hydrogen (secondary N) is 1. The molecule has 1 aromatic carbocycles. The fourth-order valence-electron chi connectivity index (χ4n) is 5.04. The van der Waals surface area contributed by atoms with Crippen molar-refractivity contribution in [3.63, 3.8) is 0 Å². The molecule has 0 radical (unpaired) electrons. The van der Waals surface area contributed by atoms with Gasteiger partial charge in [-0.25, -0.2) is 9.50 Å². The molecule has 1 fully saturated rings. The van der Waals surface area contributed by atoms with Crippen molar-refractivity contribution in [2.24, 2.45) is 0 Å². The maximum atomic E-state index is 6.35. The van der Waals surface area contributed by atoms with Crippen LogP contribution >= 0.6 is 11.3 Å². The Labute approximate surface area is 198 Å². The summed E-state index contributed by atoms with van der Waals surface area (Å²) in [6, 6.07) is 9.94. The van der Waals surface area contributed by atoms with Gasteiger partial charge in [0.05, 0.1) is 17.5 Å². The summed E-state index contributed by atoms with van der Waals surface area (Å²) in [5.74, 6) is 1.41. The molecule has 0 bridgehead atoms. The molecule has 3 heterocycles. The standard InChI is InChI=1S/C25H32N6OS/c1-15-9-16-11-22(33-24(16)21(10-15)32-4)20-12-19(31-23(20)25(26)28-14-29-31)13-27-17-5-7-18(8-6-17)30(2)3/h9-12,14,17-18,27H,5-8,13H2,1-4H3,(H2,26,28,29)/t17-,18+. The van der Waals surface area contributed by atoms with Gasteiger partial charge in [-0.3, -0.25) is 0 Å². The van der Waals surface area contributed by atoms with Crippen molar-refractivity contribution in [2.75, 3.05) is 26.9 Å². The van der Waals surface area contributed by atoms with Gasteiger partial charge in [0.1, 0.15) is 17.6 Å². The minimum Gasteiger partial charge on any atom is -0.495 e. The molecule has 8 heteroatoms. The van der Waals surface area contributed by atoms with E-state index in [0.29, 0.717) is 17.9 Å². The van der Waals surface area contributed by atoms with Crippen LogP contribution in [0, 0.1) is 6.92 Å². The van der Waals surface area contributed by atoms with Gasteiger partial charge in [-0.1, -0.05) is 6.07 Å². The highest BCUT2D eigenvalue weighted by Crippen LogP contribution is 2.42. The molecule has 5 rings (SSSR count).